The Kier molecular flexibility index (Phi) is 2.84. The minimum atomic E-state index is -0.0666. The smallest absolute Gasteiger partial charge is 0.0678 e. The molecular formula is C13H26N2O. The van der Waals surface area contributed by atoms with Crippen molar-refractivity contribution in [1.82, 2.24) is 5.43 Å². The second-order valence-corrected chi connectivity index (χ2v) is 6.85. The largest absolute Gasteiger partial charge is 0.369 e. The van der Waals surface area contributed by atoms with Crippen LogP contribution in [0.5, 0.6) is 0 Å². The average molecular weight is 226 g/mol. The Morgan fingerprint density at radius 3 is 2.19 bits per heavy atom. The highest BCUT2D eigenvalue weighted by molar-refractivity contribution is 5.04. The molecule has 0 radical (unpaired) electrons. The molecule has 4 atom stereocenters. The number of hydrogen-bond donors (Lipinski definition) is 2. The van der Waals surface area contributed by atoms with Crippen LogP contribution in [-0.4, -0.2) is 17.2 Å². The van der Waals surface area contributed by atoms with Crippen molar-refractivity contribution in [3.8, 4) is 0 Å². The summed E-state index contributed by atoms with van der Waals surface area (Å²) in [5.41, 5.74) is 2.97. The number of hydrogen-bond acceptors (Lipinski definition) is 3. The third-order valence-corrected chi connectivity index (χ3v) is 4.40. The van der Waals surface area contributed by atoms with Crippen molar-refractivity contribution in [2.24, 2.45) is 23.6 Å². The molecule has 2 aliphatic rings. The molecule has 1 saturated carbocycles. The predicted molar refractivity (Wildman–Crippen MR) is 65.7 cm³/mol. The molecule has 2 rings (SSSR count). The maximum Gasteiger partial charge on any atom is 0.0678 e. The molecule has 94 valence electrons. The van der Waals surface area contributed by atoms with Crippen molar-refractivity contribution in [3.63, 3.8) is 0 Å². The van der Waals surface area contributed by atoms with E-state index >= 15 is 0 Å². The molecule has 16 heavy (non-hydrogen) atoms. The van der Waals surface area contributed by atoms with Gasteiger partial charge in [-0.05, 0) is 52.4 Å². The molecule has 1 aliphatic heterocycles. The molecule has 2 fully saturated rings. The van der Waals surface area contributed by atoms with E-state index in [1.54, 1.807) is 0 Å². The van der Waals surface area contributed by atoms with Crippen LogP contribution in [0.2, 0.25) is 0 Å². The van der Waals surface area contributed by atoms with Gasteiger partial charge in [0.2, 0.25) is 0 Å². The maximum absolute atomic E-state index is 6.15. The standard InChI is InChI=1S/C13H26N2O/c1-8-6-9(8)11(15-14)10-7-12(2,3)16-13(10,4)5/h8-11,15H,6-7,14H2,1-5H3. The SMILES string of the molecule is CC1CC1C(NN)C1CC(C)(C)OC1(C)C. The third kappa shape index (κ3) is 2.13. The molecule has 3 N–H and O–H groups in total. The normalized spacial score (nSPS) is 42.0. The van der Waals surface area contributed by atoms with Crippen molar-refractivity contribution in [2.75, 3.05) is 0 Å². The van der Waals surface area contributed by atoms with Crippen LogP contribution in [0.3, 0.4) is 0 Å². The number of rotatable bonds is 3. The lowest BCUT2D eigenvalue weighted by atomic mass is 9.79. The van der Waals surface area contributed by atoms with Gasteiger partial charge in [0.15, 0.2) is 0 Å². The fourth-order valence-electron chi connectivity index (χ4n) is 3.55. The summed E-state index contributed by atoms with van der Waals surface area (Å²) < 4.78 is 6.15. The molecule has 4 unspecified atom stereocenters. The molecule has 1 heterocycles. The molecule has 0 aromatic heterocycles. The number of ether oxygens (including phenoxy) is 1. The van der Waals surface area contributed by atoms with Crippen LogP contribution in [0.4, 0.5) is 0 Å². The van der Waals surface area contributed by atoms with Gasteiger partial charge in [-0.2, -0.15) is 0 Å². The van der Waals surface area contributed by atoms with Crippen molar-refractivity contribution < 1.29 is 4.74 Å². The van der Waals surface area contributed by atoms with E-state index in [1.807, 2.05) is 0 Å². The summed E-state index contributed by atoms with van der Waals surface area (Å²) in [4.78, 5) is 0. The lowest BCUT2D eigenvalue weighted by Crippen LogP contribution is -2.48. The third-order valence-electron chi connectivity index (χ3n) is 4.40. The molecule has 0 amide bonds. The van der Waals surface area contributed by atoms with Gasteiger partial charge < -0.3 is 4.74 Å². The lowest BCUT2D eigenvalue weighted by molar-refractivity contribution is -0.0785. The molecule has 0 bridgehead atoms. The summed E-state index contributed by atoms with van der Waals surface area (Å²) in [5, 5.41) is 0. The van der Waals surface area contributed by atoms with Gasteiger partial charge in [0.25, 0.3) is 0 Å². The fraction of sp³-hybridized carbons (Fsp3) is 1.00. The van der Waals surface area contributed by atoms with Gasteiger partial charge in [0, 0.05) is 12.0 Å². The van der Waals surface area contributed by atoms with Gasteiger partial charge >= 0.3 is 0 Å². The fourth-order valence-corrected chi connectivity index (χ4v) is 3.55. The molecular weight excluding hydrogens is 200 g/mol. The van der Waals surface area contributed by atoms with E-state index in [0.29, 0.717) is 12.0 Å². The second-order valence-electron chi connectivity index (χ2n) is 6.85. The molecule has 3 heteroatoms. The molecule has 0 aromatic rings. The second kappa shape index (κ2) is 3.69. The first-order valence-corrected chi connectivity index (χ1v) is 6.43. The zero-order valence-electron chi connectivity index (χ0n) is 11.2. The number of hydrazine groups is 1. The summed E-state index contributed by atoms with van der Waals surface area (Å²) in [5.74, 6) is 7.84. The van der Waals surface area contributed by atoms with Crippen LogP contribution in [0.25, 0.3) is 0 Å². The van der Waals surface area contributed by atoms with Crippen molar-refractivity contribution in [3.05, 3.63) is 0 Å². The van der Waals surface area contributed by atoms with Crippen LogP contribution in [0.15, 0.2) is 0 Å². The first kappa shape index (κ1) is 12.3. The summed E-state index contributed by atoms with van der Waals surface area (Å²) in [6, 6.07) is 0.409. The highest BCUT2D eigenvalue weighted by atomic mass is 16.5. The van der Waals surface area contributed by atoms with Crippen LogP contribution in [0, 0.1) is 17.8 Å². The molecule has 3 nitrogen and oxygen atoms in total. The summed E-state index contributed by atoms with van der Waals surface area (Å²) in [7, 11) is 0. The number of nitrogens with one attached hydrogen (secondary N) is 1. The Morgan fingerprint density at radius 2 is 1.88 bits per heavy atom. The Balaban J connectivity index is 2.13. The quantitative estimate of drug-likeness (QED) is 0.572. The van der Waals surface area contributed by atoms with E-state index in [0.717, 1.165) is 18.3 Å². The Morgan fingerprint density at radius 1 is 1.31 bits per heavy atom. The Hall–Kier alpha value is -0.120. The first-order chi connectivity index (χ1) is 7.27. The van der Waals surface area contributed by atoms with E-state index < -0.39 is 0 Å². The summed E-state index contributed by atoms with van der Waals surface area (Å²) >= 11 is 0. The zero-order chi connectivity index (χ0) is 12.1. The predicted octanol–water partition coefficient (Wildman–Crippen LogP) is 2.07. The van der Waals surface area contributed by atoms with E-state index in [9.17, 15) is 0 Å². The lowest BCUT2D eigenvalue weighted by Gasteiger charge is -2.33. The van der Waals surface area contributed by atoms with Gasteiger partial charge in [-0.3, -0.25) is 11.3 Å². The zero-order valence-corrected chi connectivity index (χ0v) is 11.2. The van der Waals surface area contributed by atoms with Crippen LogP contribution < -0.4 is 11.3 Å². The topological polar surface area (TPSA) is 47.3 Å². The highest BCUT2D eigenvalue weighted by Crippen LogP contribution is 2.50. The van der Waals surface area contributed by atoms with Gasteiger partial charge in [-0.1, -0.05) is 6.92 Å². The monoisotopic (exact) mass is 226 g/mol. The molecule has 1 aliphatic carbocycles. The van der Waals surface area contributed by atoms with E-state index in [4.69, 9.17) is 10.6 Å². The Bertz CT molecular complexity index is 275. The van der Waals surface area contributed by atoms with Gasteiger partial charge in [0.05, 0.1) is 11.2 Å². The van der Waals surface area contributed by atoms with Crippen molar-refractivity contribution in [1.29, 1.82) is 0 Å². The maximum atomic E-state index is 6.15. The molecule has 0 spiro atoms. The minimum absolute atomic E-state index is 0.0125. The van der Waals surface area contributed by atoms with Crippen LogP contribution in [0.1, 0.15) is 47.5 Å². The summed E-state index contributed by atoms with van der Waals surface area (Å²) in [6.07, 6.45) is 2.40. The van der Waals surface area contributed by atoms with Crippen molar-refractivity contribution in [2.45, 2.75) is 64.7 Å². The first-order valence-electron chi connectivity index (χ1n) is 6.43. The summed E-state index contributed by atoms with van der Waals surface area (Å²) in [6.45, 7) is 11.1. The molecule has 0 aromatic carbocycles. The number of nitrogens with two attached hydrogens (primary N) is 1. The van der Waals surface area contributed by atoms with E-state index in [2.05, 4.69) is 40.0 Å². The van der Waals surface area contributed by atoms with Crippen molar-refractivity contribution >= 4 is 0 Å². The van der Waals surface area contributed by atoms with Crippen LogP contribution >= 0.6 is 0 Å². The van der Waals surface area contributed by atoms with Gasteiger partial charge in [0.1, 0.15) is 0 Å². The van der Waals surface area contributed by atoms with E-state index in [1.165, 1.54) is 6.42 Å². The van der Waals surface area contributed by atoms with Crippen LogP contribution in [-0.2, 0) is 4.74 Å². The van der Waals surface area contributed by atoms with Gasteiger partial charge in [-0.25, -0.2) is 0 Å². The van der Waals surface area contributed by atoms with Gasteiger partial charge in [-0.15, -0.1) is 0 Å². The molecule has 1 saturated heterocycles. The highest BCUT2D eigenvalue weighted by Gasteiger charge is 2.53. The minimum Gasteiger partial charge on any atom is -0.369 e. The van der Waals surface area contributed by atoms with E-state index in [-0.39, 0.29) is 11.2 Å². The average Bonchev–Trinajstić information content (AvgIpc) is 2.74. The Labute approximate surface area is 99.1 Å².